The van der Waals surface area contributed by atoms with E-state index in [1.165, 1.54) is 18.5 Å². The fourth-order valence-electron chi connectivity index (χ4n) is 2.51. The number of benzene rings is 1. The van der Waals surface area contributed by atoms with Crippen molar-refractivity contribution in [1.82, 2.24) is 0 Å². The Labute approximate surface area is 118 Å². The highest BCUT2D eigenvalue weighted by Crippen LogP contribution is 2.22. The molecular formula is C16H18N2O2. The van der Waals surface area contributed by atoms with Crippen molar-refractivity contribution < 1.29 is 9.21 Å². The van der Waals surface area contributed by atoms with E-state index in [0.29, 0.717) is 5.76 Å². The first-order chi connectivity index (χ1) is 9.81. The fraction of sp³-hybridized carbons (Fsp3) is 0.312. The van der Waals surface area contributed by atoms with Crippen molar-refractivity contribution in [2.45, 2.75) is 19.3 Å². The lowest BCUT2D eigenvalue weighted by atomic mass is 10.2. The summed E-state index contributed by atoms with van der Waals surface area (Å²) in [5.74, 6) is 0.616. The highest BCUT2D eigenvalue weighted by Gasteiger charge is 2.12. The zero-order valence-corrected chi connectivity index (χ0v) is 11.3. The molecule has 1 aromatic carbocycles. The molecule has 3 rings (SSSR count). The van der Waals surface area contributed by atoms with Crippen molar-refractivity contribution >= 4 is 17.3 Å². The van der Waals surface area contributed by atoms with E-state index in [2.05, 4.69) is 22.3 Å². The number of anilines is 2. The monoisotopic (exact) mass is 270 g/mol. The predicted octanol–water partition coefficient (Wildman–Crippen LogP) is 3.06. The van der Waals surface area contributed by atoms with Gasteiger partial charge in [0.1, 0.15) is 5.76 Å². The Bertz CT molecular complexity index is 555. The summed E-state index contributed by atoms with van der Waals surface area (Å²) in [6, 6.07) is 11.6. The Morgan fingerprint density at radius 1 is 1.15 bits per heavy atom. The summed E-state index contributed by atoms with van der Waals surface area (Å²) in [6.45, 7) is 2.26. The number of carbonyl (C=O) groups is 1. The van der Waals surface area contributed by atoms with E-state index < -0.39 is 0 Å². The summed E-state index contributed by atoms with van der Waals surface area (Å²) in [6.07, 6.45) is 4.37. The first-order valence-electron chi connectivity index (χ1n) is 6.98. The maximum Gasteiger partial charge on any atom is 0.231 e. The average Bonchev–Trinajstić information content (AvgIpc) is 3.12. The van der Waals surface area contributed by atoms with Crippen LogP contribution >= 0.6 is 0 Å². The summed E-state index contributed by atoms with van der Waals surface area (Å²) >= 11 is 0. The standard InChI is InChI=1S/C16H18N2O2/c19-16(12-15-4-3-11-20-15)17-13-5-7-14(8-6-13)18-9-1-2-10-18/h3-8,11H,1-2,9-10,12H2,(H,17,19). The minimum atomic E-state index is -0.0612. The van der Waals surface area contributed by atoms with Crippen LogP contribution in [0.1, 0.15) is 18.6 Å². The van der Waals surface area contributed by atoms with Gasteiger partial charge in [0, 0.05) is 24.5 Å². The maximum atomic E-state index is 11.8. The average molecular weight is 270 g/mol. The molecule has 2 heterocycles. The quantitative estimate of drug-likeness (QED) is 0.928. The van der Waals surface area contributed by atoms with Crippen molar-refractivity contribution in [2.75, 3.05) is 23.3 Å². The van der Waals surface area contributed by atoms with Gasteiger partial charge < -0.3 is 14.6 Å². The van der Waals surface area contributed by atoms with Crippen LogP contribution < -0.4 is 10.2 Å². The van der Waals surface area contributed by atoms with Crippen LogP contribution in [-0.2, 0) is 11.2 Å². The summed E-state index contributed by atoms with van der Waals surface area (Å²) < 4.78 is 5.16. The molecule has 1 aromatic heterocycles. The molecule has 104 valence electrons. The van der Waals surface area contributed by atoms with Gasteiger partial charge in [0.25, 0.3) is 0 Å². The smallest absolute Gasteiger partial charge is 0.231 e. The van der Waals surface area contributed by atoms with Crippen molar-refractivity contribution in [3.05, 3.63) is 48.4 Å². The lowest BCUT2D eigenvalue weighted by Crippen LogP contribution is -2.17. The van der Waals surface area contributed by atoms with Gasteiger partial charge in [-0.15, -0.1) is 0 Å². The molecule has 20 heavy (non-hydrogen) atoms. The molecule has 4 nitrogen and oxygen atoms in total. The van der Waals surface area contributed by atoms with Crippen LogP contribution in [0.25, 0.3) is 0 Å². The van der Waals surface area contributed by atoms with Crippen LogP contribution in [0.2, 0.25) is 0 Å². The Balaban J connectivity index is 1.58. The Morgan fingerprint density at radius 3 is 2.55 bits per heavy atom. The van der Waals surface area contributed by atoms with Gasteiger partial charge in [0.15, 0.2) is 0 Å². The molecule has 0 saturated carbocycles. The minimum Gasteiger partial charge on any atom is -0.469 e. The van der Waals surface area contributed by atoms with E-state index in [9.17, 15) is 4.79 Å². The van der Waals surface area contributed by atoms with Crippen LogP contribution in [-0.4, -0.2) is 19.0 Å². The van der Waals surface area contributed by atoms with E-state index in [1.807, 2.05) is 12.1 Å². The molecule has 0 radical (unpaired) electrons. The van der Waals surface area contributed by atoms with Gasteiger partial charge in [-0.05, 0) is 49.2 Å². The van der Waals surface area contributed by atoms with Crippen LogP contribution in [0.15, 0.2) is 47.1 Å². The first kappa shape index (κ1) is 12.8. The topological polar surface area (TPSA) is 45.5 Å². The Kier molecular flexibility index (Phi) is 3.72. The Morgan fingerprint density at radius 2 is 1.90 bits per heavy atom. The SMILES string of the molecule is O=C(Cc1ccco1)Nc1ccc(N2CCCC2)cc1. The lowest BCUT2D eigenvalue weighted by molar-refractivity contribution is -0.115. The summed E-state index contributed by atoms with van der Waals surface area (Å²) in [4.78, 5) is 14.2. The highest BCUT2D eigenvalue weighted by molar-refractivity contribution is 5.92. The third kappa shape index (κ3) is 3.02. The normalized spacial score (nSPS) is 14.5. The number of rotatable bonds is 4. The molecule has 1 amide bonds. The van der Waals surface area contributed by atoms with Crippen LogP contribution in [0.5, 0.6) is 0 Å². The molecule has 0 spiro atoms. The van der Waals surface area contributed by atoms with Crippen molar-refractivity contribution in [3.8, 4) is 0 Å². The van der Waals surface area contributed by atoms with Gasteiger partial charge >= 0.3 is 0 Å². The molecule has 1 saturated heterocycles. The van der Waals surface area contributed by atoms with E-state index in [4.69, 9.17) is 4.42 Å². The number of carbonyl (C=O) groups excluding carboxylic acids is 1. The molecule has 1 N–H and O–H groups in total. The van der Waals surface area contributed by atoms with E-state index in [1.54, 1.807) is 18.4 Å². The first-order valence-corrected chi connectivity index (χ1v) is 6.98. The number of furan rings is 1. The third-order valence-electron chi connectivity index (χ3n) is 3.54. The van der Waals surface area contributed by atoms with Gasteiger partial charge in [-0.1, -0.05) is 0 Å². The molecule has 0 unspecified atom stereocenters. The molecule has 0 atom stereocenters. The van der Waals surface area contributed by atoms with E-state index in [0.717, 1.165) is 18.8 Å². The molecule has 4 heteroatoms. The summed E-state index contributed by atoms with van der Waals surface area (Å²) in [5, 5.41) is 2.88. The number of hydrogen-bond acceptors (Lipinski definition) is 3. The van der Waals surface area contributed by atoms with Gasteiger partial charge in [-0.2, -0.15) is 0 Å². The second-order valence-electron chi connectivity index (χ2n) is 5.05. The molecule has 1 fully saturated rings. The van der Waals surface area contributed by atoms with E-state index >= 15 is 0 Å². The van der Waals surface area contributed by atoms with Crippen LogP contribution in [0.3, 0.4) is 0 Å². The second-order valence-corrected chi connectivity index (χ2v) is 5.05. The zero-order valence-electron chi connectivity index (χ0n) is 11.3. The van der Waals surface area contributed by atoms with E-state index in [-0.39, 0.29) is 12.3 Å². The van der Waals surface area contributed by atoms with Gasteiger partial charge in [-0.25, -0.2) is 0 Å². The molecule has 0 aliphatic carbocycles. The van der Waals surface area contributed by atoms with Crippen molar-refractivity contribution in [3.63, 3.8) is 0 Å². The lowest BCUT2D eigenvalue weighted by Gasteiger charge is -2.17. The number of hydrogen-bond donors (Lipinski definition) is 1. The van der Waals surface area contributed by atoms with Crippen molar-refractivity contribution in [1.29, 1.82) is 0 Å². The Hall–Kier alpha value is -2.23. The molecule has 1 aliphatic rings. The van der Waals surface area contributed by atoms with Gasteiger partial charge in [-0.3, -0.25) is 4.79 Å². The van der Waals surface area contributed by atoms with Gasteiger partial charge in [0.2, 0.25) is 5.91 Å². The minimum absolute atomic E-state index is 0.0612. The predicted molar refractivity (Wildman–Crippen MR) is 78.9 cm³/mol. The number of nitrogens with one attached hydrogen (secondary N) is 1. The highest BCUT2D eigenvalue weighted by atomic mass is 16.3. The molecule has 2 aromatic rings. The molecular weight excluding hydrogens is 252 g/mol. The third-order valence-corrected chi connectivity index (χ3v) is 3.54. The van der Waals surface area contributed by atoms with Crippen LogP contribution in [0.4, 0.5) is 11.4 Å². The maximum absolute atomic E-state index is 11.8. The fourth-order valence-corrected chi connectivity index (χ4v) is 2.51. The molecule has 1 aliphatic heterocycles. The van der Waals surface area contributed by atoms with Crippen LogP contribution in [0, 0.1) is 0 Å². The molecule has 0 bridgehead atoms. The number of amides is 1. The van der Waals surface area contributed by atoms with Crippen molar-refractivity contribution in [2.24, 2.45) is 0 Å². The largest absolute Gasteiger partial charge is 0.469 e. The zero-order chi connectivity index (χ0) is 13.8. The van der Waals surface area contributed by atoms with Gasteiger partial charge in [0.05, 0.1) is 12.7 Å². The summed E-state index contributed by atoms with van der Waals surface area (Å²) in [5.41, 5.74) is 2.05. The number of nitrogens with zero attached hydrogens (tertiary/aromatic N) is 1. The second kappa shape index (κ2) is 5.82. The summed E-state index contributed by atoms with van der Waals surface area (Å²) in [7, 11) is 0.